The lowest BCUT2D eigenvalue weighted by molar-refractivity contribution is 0.0833. The van der Waals surface area contributed by atoms with E-state index < -0.39 is 0 Å². The highest BCUT2D eigenvalue weighted by atomic mass is 16.5. The lowest BCUT2D eigenvalue weighted by Gasteiger charge is -2.31. The molecule has 2 saturated heterocycles. The fourth-order valence-electron chi connectivity index (χ4n) is 4.11. The summed E-state index contributed by atoms with van der Waals surface area (Å²) in [4.78, 5) is 0. The number of nitrogens with one attached hydrogen (secondary N) is 1. The van der Waals surface area contributed by atoms with Crippen LogP contribution in [0.15, 0.2) is 0 Å². The topological polar surface area (TPSA) is 21.3 Å². The van der Waals surface area contributed by atoms with Gasteiger partial charge in [0.1, 0.15) is 0 Å². The number of rotatable bonds is 7. The number of hydrogen-bond donors (Lipinski definition) is 1. The van der Waals surface area contributed by atoms with Crippen LogP contribution >= 0.6 is 0 Å². The van der Waals surface area contributed by atoms with Gasteiger partial charge in [0.15, 0.2) is 0 Å². The third kappa shape index (κ3) is 3.48. The predicted molar refractivity (Wildman–Crippen MR) is 76.7 cm³/mol. The van der Waals surface area contributed by atoms with Crippen LogP contribution in [0.4, 0.5) is 0 Å². The van der Waals surface area contributed by atoms with E-state index >= 15 is 0 Å². The van der Waals surface area contributed by atoms with E-state index in [0.717, 1.165) is 24.3 Å². The fraction of sp³-hybridized carbons (Fsp3) is 1.00. The first-order chi connectivity index (χ1) is 8.60. The molecule has 0 amide bonds. The van der Waals surface area contributed by atoms with Crippen molar-refractivity contribution in [3.63, 3.8) is 0 Å². The van der Waals surface area contributed by atoms with Crippen molar-refractivity contribution in [2.75, 3.05) is 6.54 Å². The molecule has 2 aliphatic heterocycles. The second-order valence-corrected chi connectivity index (χ2v) is 6.91. The van der Waals surface area contributed by atoms with Gasteiger partial charge in [-0.2, -0.15) is 0 Å². The molecular formula is C16H31NO. The minimum atomic E-state index is 0.560. The molecule has 0 saturated carbocycles. The van der Waals surface area contributed by atoms with Gasteiger partial charge in [-0.3, -0.25) is 0 Å². The molecule has 2 rings (SSSR count). The van der Waals surface area contributed by atoms with E-state index in [4.69, 9.17) is 4.74 Å². The molecule has 0 aliphatic carbocycles. The predicted octanol–water partition coefficient (Wildman–Crippen LogP) is 3.60. The van der Waals surface area contributed by atoms with Gasteiger partial charge in [0.2, 0.25) is 0 Å². The molecule has 0 aromatic rings. The van der Waals surface area contributed by atoms with E-state index in [-0.39, 0.29) is 0 Å². The van der Waals surface area contributed by atoms with Gasteiger partial charge in [-0.05, 0) is 50.5 Å². The Labute approximate surface area is 113 Å². The van der Waals surface area contributed by atoms with E-state index in [0.29, 0.717) is 18.2 Å². The average molecular weight is 253 g/mol. The first kappa shape index (κ1) is 14.3. The molecule has 2 fully saturated rings. The van der Waals surface area contributed by atoms with E-state index in [9.17, 15) is 0 Å². The van der Waals surface area contributed by atoms with Crippen LogP contribution in [0.5, 0.6) is 0 Å². The van der Waals surface area contributed by atoms with Crippen LogP contribution in [0, 0.1) is 17.8 Å². The Morgan fingerprint density at radius 1 is 1.17 bits per heavy atom. The molecule has 2 aliphatic rings. The van der Waals surface area contributed by atoms with Crippen molar-refractivity contribution in [1.29, 1.82) is 0 Å². The molecule has 0 spiro atoms. The molecule has 0 aromatic carbocycles. The smallest absolute Gasteiger partial charge is 0.0623 e. The minimum absolute atomic E-state index is 0.560. The highest BCUT2D eigenvalue weighted by Crippen LogP contribution is 2.41. The monoisotopic (exact) mass is 253 g/mol. The van der Waals surface area contributed by atoms with Crippen LogP contribution < -0.4 is 5.32 Å². The summed E-state index contributed by atoms with van der Waals surface area (Å²) in [5.74, 6) is 2.42. The van der Waals surface area contributed by atoms with E-state index in [2.05, 4.69) is 33.0 Å². The maximum Gasteiger partial charge on any atom is 0.0623 e. The lowest BCUT2D eigenvalue weighted by atomic mass is 9.79. The molecule has 2 heterocycles. The zero-order chi connectivity index (χ0) is 13.1. The average Bonchev–Trinajstić information content (AvgIpc) is 2.88. The molecule has 106 valence electrons. The largest absolute Gasteiger partial charge is 0.375 e. The van der Waals surface area contributed by atoms with Crippen molar-refractivity contribution in [3.8, 4) is 0 Å². The quantitative estimate of drug-likeness (QED) is 0.748. The molecule has 5 unspecified atom stereocenters. The first-order valence-electron chi connectivity index (χ1n) is 7.99. The third-order valence-corrected chi connectivity index (χ3v) is 4.67. The second-order valence-electron chi connectivity index (χ2n) is 6.91. The summed E-state index contributed by atoms with van der Waals surface area (Å²) < 4.78 is 6.03. The molecule has 2 heteroatoms. The minimum Gasteiger partial charge on any atom is -0.375 e. The summed E-state index contributed by atoms with van der Waals surface area (Å²) in [6.45, 7) is 10.4. The van der Waals surface area contributed by atoms with Crippen molar-refractivity contribution in [2.24, 2.45) is 17.8 Å². The maximum atomic E-state index is 6.03. The van der Waals surface area contributed by atoms with Crippen LogP contribution in [-0.2, 0) is 4.74 Å². The number of hydrogen-bond acceptors (Lipinski definition) is 2. The van der Waals surface area contributed by atoms with Gasteiger partial charge in [-0.25, -0.2) is 0 Å². The Balaban J connectivity index is 1.87. The summed E-state index contributed by atoms with van der Waals surface area (Å²) in [6, 6.07) is 0.680. The van der Waals surface area contributed by atoms with Crippen LogP contribution in [-0.4, -0.2) is 24.8 Å². The van der Waals surface area contributed by atoms with Crippen LogP contribution in [0.2, 0.25) is 0 Å². The molecule has 2 nitrogen and oxygen atoms in total. The van der Waals surface area contributed by atoms with Gasteiger partial charge in [0.05, 0.1) is 12.2 Å². The standard InChI is InChI=1S/C16H31NO/c1-5-17-15(9-12(4)8-11(2)3)14-10-13-6-7-16(14)18-13/h11-17H,5-10H2,1-4H3. The maximum absolute atomic E-state index is 6.03. The normalized spacial score (nSPS) is 34.2. The summed E-state index contributed by atoms with van der Waals surface area (Å²) in [5, 5.41) is 3.73. The first-order valence-corrected chi connectivity index (χ1v) is 7.99. The van der Waals surface area contributed by atoms with E-state index in [1.807, 2.05) is 0 Å². The fourth-order valence-corrected chi connectivity index (χ4v) is 4.11. The summed E-state index contributed by atoms with van der Waals surface area (Å²) >= 11 is 0. The van der Waals surface area contributed by atoms with Crippen molar-refractivity contribution in [1.82, 2.24) is 5.32 Å². The van der Waals surface area contributed by atoms with Crippen LogP contribution in [0.3, 0.4) is 0 Å². The molecular weight excluding hydrogens is 222 g/mol. The van der Waals surface area contributed by atoms with Gasteiger partial charge >= 0.3 is 0 Å². The van der Waals surface area contributed by atoms with Crippen LogP contribution in [0.25, 0.3) is 0 Å². The van der Waals surface area contributed by atoms with Gasteiger partial charge in [0, 0.05) is 12.0 Å². The molecule has 18 heavy (non-hydrogen) atoms. The van der Waals surface area contributed by atoms with E-state index in [1.54, 1.807) is 0 Å². The van der Waals surface area contributed by atoms with Gasteiger partial charge in [-0.1, -0.05) is 27.7 Å². The van der Waals surface area contributed by atoms with Gasteiger partial charge in [0.25, 0.3) is 0 Å². The SMILES string of the molecule is CCNC(CC(C)CC(C)C)C1CC2CCC1O2. The van der Waals surface area contributed by atoms with Crippen molar-refractivity contribution >= 4 is 0 Å². The zero-order valence-corrected chi connectivity index (χ0v) is 12.6. The third-order valence-electron chi connectivity index (χ3n) is 4.67. The molecule has 0 radical (unpaired) electrons. The second kappa shape index (κ2) is 6.38. The molecule has 5 atom stereocenters. The molecule has 1 N–H and O–H groups in total. The Morgan fingerprint density at radius 3 is 2.44 bits per heavy atom. The summed E-state index contributed by atoms with van der Waals surface area (Å²) in [7, 11) is 0. The Bertz CT molecular complexity index is 253. The van der Waals surface area contributed by atoms with Crippen molar-refractivity contribution < 1.29 is 4.74 Å². The molecule has 2 bridgehead atoms. The number of fused-ring (bicyclic) bond motifs is 2. The van der Waals surface area contributed by atoms with Crippen LogP contribution in [0.1, 0.15) is 59.8 Å². The highest BCUT2D eigenvalue weighted by molar-refractivity contribution is 4.95. The zero-order valence-electron chi connectivity index (χ0n) is 12.6. The Morgan fingerprint density at radius 2 is 1.94 bits per heavy atom. The van der Waals surface area contributed by atoms with E-state index in [1.165, 1.54) is 32.1 Å². The summed E-state index contributed by atoms with van der Waals surface area (Å²) in [5.41, 5.74) is 0. The van der Waals surface area contributed by atoms with Crippen molar-refractivity contribution in [2.45, 2.75) is 78.0 Å². The van der Waals surface area contributed by atoms with Gasteiger partial charge < -0.3 is 10.1 Å². The van der Waals surface area contributed by atoms with Gasteiger partial charge in [-0.15, -0.1) is 0 Å². The lowest BCUT2D eigenvalue weighted by Crippen LogP contribution is -2.41. The Hall–Kier alpha value is -0.0800. The Kier molecular flexibility index (Phi) is 5.08. The summed E-state index contributed by atoms with van der Waals surface area (Å²) in [6.07, 6.45) is 7.73. The van der Waals surface area contributed by atoms with Crippen molar-refractivity contribution in [3.05, 3.63) is 0 Å². The highest BCUT2D eigenvalue weighted by Gasteiger charge is 2.44. The number of ether oxygens (including phenoxy) is 1. The molecule has 0 aromatic heterocycles.